The first-order chi connectivity index (χ1) is 10.1. The van der Waals surface area contributed by atoms with Gasteiger partial charge in [0.1, 0.15) is 5.75 Å². The van der Waals surface area contributed by atoms with Crippen molar-refractivity contribution in [1.29, 1.82) is 0 Å². The van der Waals surface area contributed by atoms with Crippen LogP contribution in [0.1, 0.15) is 0 Å². The highest BCUT2D eigenvalue weighted by Gasteiger charge is 2.08. The summed E-state index contributed by atoms with van der Waals surface area (Å²) in [6.07, 6.45) is 0. The molecule has 2 aromatic rings. The van der Waals surface area contributed by atoms with E-state index in [4.69, 9.17) is 16.3 Å². The summed E-state index contributed by atoms with van der Waals surface area (Å²) in [6, 6.07) is 11.5. The van der Waals surface area contributed by atoms with Crippen LogP contribution in [0.25, 0.3) is 0 Å². The minimum Gasteiger partial charge on any atom is -0.497 e. The lowest BCUT2D eigenvalue weighted by molar-refractivity contribution is -0.114. The van der Waals surface area contributed by atoms with E-state index in [0.717, 1.165) is 0 Å². The predicted octanol–water partition coefficient (Wildman–Crippen LogP) is 3.54. The zero-order valence-corrected chi connectivity index (χ0v) is 12.1. The number of methoxy groups -OCH3 is 1. The third-order valence-corrected chi connectivity index (χ3v) is 3.04. The largest absolute Gasteiger partial charge is 0.497 e. The summed E-state index contributed by atoms with van der Waals surface area (Å²) in [5, 5.41) is 5.39. The Morgan fingerprint density at radius 3 is 2.81 bits per heavy atom. The Bertz CT molecular complexity index is 649. The summed E-state index contributed by atoms with van der Waals surface area (Å²) >= 11 is 5.66. The van der Waals surface area contributed by atoms with E-state index in [9.17, 15) is 9.18 Å². The van der Waals surface area contributed by atoms with E-state index in [-0.39, 0.29) is 23.2 Å². The molecule has 110 valence electrons. The number of nitrogens with one attached hydrogen (secondary N) is 2. The zero-order valence-electron chi connectivity index (χ0n) is 11.3. The van der Waals surface area contributed by atoms with Gasteiger partial charge in [-0.25, -0.2) is 4.39 Å². The van der Waals surface area contributed by atoms with Crippen molar-refractivity contribution >= 4 is 28.9 Å². The fourth-order valence-corrected chi connectivity index (χ4v) is 1.90. The highest BCUT2D eigenvalue weighted by Crippen LogP contribution is 2.22. The van der Waals surface area contributed by atoms with E-state index in [0.29, 0.717) is 11.4 Å². The van der Waals surface area contributed by atoms with Crippen molar-refractivity contribution in [3.63, 3.8) is 0 Å². The average Bonchev–Trinajstić information content (AvgIpc) is 2.49. The molecule has 4 nitrogen and oxygen atoms in total. The fourth-order valence-electron chi connectivity index (χ4n) is 1.72. The third kappa shape index (κ3) is 4.10. The van der Waals surface area contributed by atoms with Gasteiger partial charge in [0.05, 0.1) is 24.4 Å². The summed E-state index contributed by atoms with van der Waals surface area (Å²) in [7, 11) is 1.55. The molecule has 0 heterocycles. The molecule has 2 N–H and O–H groups in total. The highest BCUT2D eigenvalue weighted by molar-refractivity contribution is 6.31. The number of anilines is 2. The smallest absolute Gasteiger partial charge is 0.243 e. The molecule has 0 saturated carbocycles. The van der Waals surface area contributed by atoms with Crippen molar-refractivity contribution < 1.29 is 13.9 Å². The maximum absolute atomic E-state index is 13.6. The Labute approximate surface area is 126 Å². The van der Waals surface area contributed by atoms with Gasteiger partial charge in [-0.15, -0.1) is 0 Å². The van der Waals surface area contributed by atoms with Crippen LogP contribution in [0.2, 0.25) is 5.02 Å². The van der Waals surface area contributed by atoms with Gasteiger partial charge in [0, 0.05) is 11.8 Å². The fraction of sp³-hybridized carbons (Fsp3) is 0.133. The second-order valence-corrected chi connectivity index (χ2v) is 4.64. The Hall–Kier alpha value is -2.27. The molecule has 0 fully saturated rings. The summed E-state index contributed by atoms with van der Waals surface area (Å²) in [6.45, 7) is -0.0749. The van der Waals surface area contributed by atoms with E-state index in [1.165, 1.54) is 12.1 Å². The number of carbonyl (C=O) groups is 1. The molecule has 0 unspecified atom stereocenters. The molecule has 0 radical (unpaired) electrons. The van der Waals surface area contributed by atoms with Crippen LogP contribution < -0.4 is 15.4 Å². The molecule has 0 aliphatic rings. The molecule has 0 aliphatic carbocycles. The molecule has 0 aliphatic heterocycles. The molecule has 21 heavy (non-hydrogen) atoms. The van der Waals surface area contributed by atoms with Crippen LogP contribution in [-0.2, 0) is 4.79 Å². The molecule has 1 amide bonds. The first-order valence-corrected chi connectivity index (χ1v) is 6.59. The van der Waals surface area contributed by atoms with Crippen LogP contribution in [0.15, 0.2) is 42.5 Å². The van der Waals surface area contributed by atoms with Gasteiger partial charge in [-0.3, -0.25) is 4.79 Å². The number of amides is 1. The van der Waals surface area contributed by atoms with Crippen molar-refractivity contribution in [3.05, 3.63) is 53.3 Å². The minimum atomic E-state index is -0.576. The van der Waals surface area contributed by atoms with Crippen molar-refractivity contribution in [1.82, 2.24) is 0 Å². The number of hydrogen-bond donors (Lipinski definition) is 2. The van der Waals surface area contributed by atoms with Crippen molar-refractivity contribution in [3.8, 4) is 5.75 Å². The average molecular weight is 309 g/mol. The number of halogens is 2. The Kier molecular flexibility index (Phi) is 5.00. The molecule has 0 aromatic heterocycles. The van der Waals surface area contributed by atoms with E-state index in [1.54, 1.807) is 37.4 Å². The Balaban J connectivity index is 1.94. The number of hydrogen-bond acceptors (Lipinski definition) is 3. The molecule has 2 rings (SSSR count). The van der Waals surface area contributed by atoms with Gasteiger partial charge >= 0.3 is 0 Å². The summed E-state index contributed by atoms with van der Waals surface area (Å²) in [5.74, 6) is -0.238. The maximum atomic E-state index is 13.6. The summed E-state index contributed by atoms with van der Waals surface area (Å²) in [4.78, 5) is 11.8. The van der Waals surface area contributed by atoms with Gasteiger partial charge in [-0.05, 0) is 24.3 Å². The number of ether oxygens (including phenoxy) is 1. The molecule has 0 spiro atoms. The lowest BCUT2D eigenvalue weighted by atomic mass is 10.3. The second kappa shape index (κ2) is 6.95. The van der Waals surface area contributed by atoms with Gasteiger partial charge in [0.15, 0.2) is 5.82 Å². The lowest BCUT2D eigenvalue weighted by Crippen LogP contribution is -2.22. The topological polar surface area (TPSA) is 50.4 Å². The summed E-state index contributed by atoms with van der Waals surface area (Å²) in [5.41, 5.74) is 0.788. The number of carbonyl (C=O) groups excluding carboxylic acids is 1. The van der Waals surface area contributed by atoms with Gasteiger partial charge in [0.25, 0.3) is 0 Å². The maximum Gasteiger partial charge on any atom is 0.243 e. The molecule has 0 saturated heterocycles. The van der Waals surface area contributed by atoms with Crippen LogP contribution >= 0.6 is 11.6 Å². The van der Waals surface area contributed by atoms with Gasteiger partial charge in [0.2, 0.25) is 5.91 Å². The quantitative estimate of drug-likeness (QED) is 0.888. The van der Waals surface area contributed by atoms with Crippen LogP contribution in [0, 0.1) is 5.82 Å². The third-order valence-electron chi connectivity index (χ3n) is 2.74. The first-order valence-electron chi connectivity index (χ1n) is 6.22. The highest BCUT2D eigenvalue weighted by atomic mass is 35.5. The standard InChI is InChI=1S/C15H14ClFN2O2/c1-21-11-5-2-4-10(8-11)19-14(20)9-18-13-7-3-6-12(16)15(13)17/h2-8,18H,9H2,1H3,(H,19,20). The van der Waals surface area contributed by atoms with Crippen LogP contribution in [0.4, 0.5) is 15.8 Å². The van der Waals surface area contributed by atoms with Gasteiger partial charge in [-0.1, -0.05) is 23.7 Å². The molecule has 0 bridgehead atoms. The number of rotatable bonds is 5. The monoisotopic (exact) mass is 308 g/mol. The normalized spacial score (nSPS) is 10.0. The minimum absolute atomic E-state index is 0.00760. The second-order valence-electron chi connectivity index (χ2n) is 4.24. The molecule has 6 heteroatoms. The Morgan fingerprint density at radius 2 is 2.05 bits per heavy atom. The van der Waals surface area contributed by atoms with E-state index in [1.807, 2.05) is 0 Å². The molecule has 0 atom stereocenters. The molecular formula is C15H14ClFN2O2. The van der Waals surface area contributed by atoms with Crippen molar-refractivity contribution in [2.75, 3.05) is 24.3 Å². The van der Waals surface area contributed by atoms with Crippen molar-refractivity contribution in [2.24, 2.45) is 0 Å². The van der Waals surface area contributed by atoms with Crippen LogP contribution in [0.3, 0.4) is 0 Å². The van der Waals surface area contributed by atoms with E-state index < -0.39 is 5.82 Å². The van der Waals surface area contributed by atoms with Gasteiger partial charge < -0.3 is 15.4 Å². The van der Waals surface area contributed by atoms with Crippen LogP contribution in [0.5, 0.6) is 5.75 Å². The lowest BCUT2D eigenvalue weighted by Gasteiger charge is -2.10. The van der Waals surface area contributed by atoms with Gasteiger partial charge in [-0.2, -0.15) is 0 Å². The molecular weight excluding hydrogens is 295 g/mol. The Morgan fingerprint density at radius 1 is 1.29 bits per heavy atom. The van der Waals surface area contributed by atoms with Crippen molar-refractivity contribution in [2.45, 2.75) is 0 Å². The zero-order chi connectivity index (χ0) is 15.2. The molecule has 2 aromatic carbocycles. The van der Waals surface area contributed by atoms with E-state index >= 15 is 0 Å². The predicted molar refractivity (Wildman–Crippen MR) is 81.5 cm³/mol. The number of benzene rings is 2. The first kappa shape index (κ1) is 15.1. The van der Waals surface area contributed by atoms with E-state index in [2.05, 4.69) is 10.6 Å². The summed E-state index contributed by atoms with van der Waals surface area (Å²) < 4.78 is 18.7. The SMILES string of the molecule is COc1cccc(NC(=O)CNc2cccc(Cl)c2F)c1. The van der Waals surface area contributed by atoms with Crippen LogP contribution in [-0.4, -0.2) is 19.6 Å².